The fourth-order valence-electron chi connectivity index (χ4n) is 4.65. The van der Waals surface area contributed by atoms with Crippen LogP contribution in [-0.4, -0.2) is 33.4 Å². The first kappa shape index (κ1) is 27.3. The van der Waals surface area contributed by atoms with E-state index in [2.05, 4.69) is 54.5 Å². The summed E-state index contributed by atoms with van der Waals surface area (Å²) in [4.78, 5) is 24.4. The van der Waals surface area contributed by atoms with Crippen LogP contribution in [0, 0.1) is 27.7 Å². The van der Waals surface area contributed by atoms with Gasteiger partial charge in [0.15, 0.2) is 0 Å². The van der Waals surface area contributed by atoms with E-state index in [1.807, 2.05) is 76.2 Å². The van der Waals surface area contributed by atoms with Crippen molar-refractivity contribution in [3.63, 3.8) is 0 Å². The summed E-state index contributed by atoms with van der Waals surface area (Å²) in [7, 11) is 0. The molecule has 0 saturated heterocycles. The molecule has 0 spiro atoms. The lowest BCUT2D eigenvalue weighted by molar-refractivity contribution is -0.122. The summed E-state index contributed by atoms with van der Waals surface area (Å²) in [5, 5.41) is 8.21. The number of para-hydroxylation sites is 2. The summed E-state index contributed by atoms with van der Waals surface area (Å²) in [6.45, 7) is 8.11. The number of hydrogen-bond donors (Lipinski definition) is 2. The molecule has 8 heteroatoms. The highest BCUT2D eigenvalue weighted by atomic mass is 16.2. The van der Waals surface area contributed by atoms with Crippen molar-refractivity contribution in [1.82, 2.24) is 20.0 Å². The number of rotatable bonds is 10. The monoisotopic (exact) mass is 522 g/mol. The third-order valence-electron chi connectivity index (χ3n) is 6.56. The first-order valence-corrected chi connectivity index (χ1v) is 13.0. The number of nitrogens with one attached hydrogen (secondary N) is 2. The molecule has 4 aromatic rings. The molecule has 2 amide bonds. The third-order valence-corrected chi connectivity index (χ3v) is 6.56. The molecule has 0 atom stereocenters. The molecule has 2 aromatic carbocycles. The number of aromatic nitrogens is 2. The van der Waals surface area contributed by atoms with Gasteiger partial charge in [0.1, 0.15) is 0 Å². The number of carbonyl (C=O) groups excluding carboxylic acids is 2. The maximum absolute atomic E-state index is 12.2. The molecule has 200 valence electrons. The minimum absolute atomic E-state index is 0.190. The van der Waals surface area contributed by atoms with Crippen molar-refractivity contribution in [3.8, 4) is 11.4 Å². The zero-order chi connectivity index (χ0) is 27.8. The van der Waals surface area contributed by atoms with Crippen molar-refractivity contribution in [2.24, 2.45) is 10.2 Å². The van der Waals surface area contributed by atoms with E-state index in [0.717, 1.165) is 45.3 Å². The molecule has 39 heavy (non-hydrogen) atoms. The van der Waals surface area contributed by atoms with Gasteiger partial charge < -0.3 is 9.13 Å². The molecule has 2 aromatic heterocycles. The second-order valence-electron chi connectivity index (χ2n) is 9.43. The lowest BCUT2D eigenvalue weighted by Crippen LogP contribution is -2.20. The highest BCUT2D eigenvalue weighted by molar-refractivity contribution is 5.85. The van der Waals surface area contributed by atoms with E-state index in [0.29, 0.717) is 6.42 Å². The van der Waals surface area contributed by atoms with Crippen molar-refractivity contribution < 1.29 is 9.59 Å². The molecule has 2 N–H and O–H groups in total. The molecular weight excluding hydrogens is 488 g/mol. The summed E-state index contributed by atoms with van der Waals surface area (Å²) >= 11 is 0. The number of benzene rings is 2. The fraction of sp³-hybridized carbons (Fsp3) is 0.226. The molecule has 0 bridgehead atoms. The van der Waals surface area contributed by atoms with Gasteiger partial charge in [-0.1, -0.05) is 36.4 Å². The Kier molecular flexibility index (Phi) is 8.89. The van der Waals surface area contributed by atoms with Crippen molar-refractivity contribution in [3.05, 3.63) is 107 Å². The van der Waals surface area contributed by atoms with E-state index in [4.69, 9.17) is 0 Å². The van der Waals surface area contributed by atoms with Gasteiger partial charge in [0.2, 0.25) is 11.8 Å². The Balaban J connectivity index is 1.21. The lowest BCUT2D eigenvalue weighted by Gasteiger charge is -2.09. The average Bonchev–Trinajstić information content (AvgIpc) is 3.37. The third kappa shape index (κ3) is 6.78. The molecular formula is C31H34N6O2. The number of carbonyl (C=O) groups is 2. The maximum Gasteiger partial charge on any atom is 0.240 e. The first-order valence-electron chi connectivity index (χ1n) is 13.0. The molecule has 2 heterocycles. The van der Waals surface area contributed by atoms with E-state index in [1.54, 1.807) is 12.4 Å². The van der Waals surface area contributed by atoms with Crippen LogP contribution in [0.4, 0.5) is 0 Å². The Morgan fingerprint density at radius 3 is 1.44 bits per heavy atom. The van der Waals surface area contributed by atoms with E-state index < -0.39 is 0 Å². The summed E-state index contributed by atoms with van der Waals surface area (Å²) in [6, 6.07) is 24.2. The van der Waals surface area contributed by atoms with Crippen molar-refractivity contribution in [2.75, 3.05) is 0 Å². The highest BCUT2D eigenvalue weighted by Crippen LogP contribution is 2.20. The summed E-state index contributed by atoms with van der Waals surface area (Å²) < 4.78 is 4.29. The van der Waals surface area contributed by atoms with Gasteiger partial charge in [-0.05, 0) is 70.5 Å². The lowest BCUT2D eigenvalue weighted by atomic mass is 10.2. The predicted octanol–water partition coefficient (Wildman–Crippen LogP) is 5.27. The minimum Gasteiger partial charge on any atom is -0.318 e. The summed E-state index contributed by atoms with van der Waals surface area (Å²) in [5.74, 6) is -0.486. The van der Waals surface area contributed by atoms with E-state index in [-0.39, 0.29) is 24.7 Å². The Morgan fingerprint density at radius 1 is 0.667 bits per heavy atom. The van der Waals surface area contributed by atoms with Crippen molar-refractivity contribution in [2.45, 2.75) is 47.0 Å². The summed E-state index contributed by atoms with van der Waals surface area (Å²) in [6.07, 6.45) is 4.07. The van der Waals surface area contributed by atoms with E-state index in [9.17, 15) is 9.59 Å². The average molecular weight is 523 g/mol. The number of aryl methyl sites for hydroxylation is 2. The Bertz CT molecular complexity index is 1380. The van der Waals surface area contributed by atoms with E-state index >= 15 is 0 Å². The molecule has 0 aliphatic heterocycles. The molecule has 0 fully saturated rings. The smallest absolute Gasteiger partial charge is 0.240 e. The topological polar surface area (TPSA) is 92.8 Å². The Hall–Kier alpha value is -4.72. The van der Waals surface area contributed by atoms with Gasteiger partial charge in [0.25, 0.3) is 0 Å². The minimum atomic E-state index is -0.243. The van der Waals surface area contributed by atoms with Gasteiger partial charge in [0, 0.05) is 58.1 Å². The van der Waals surface area contributed by atoms with Crippen LogP contribution in [0.25, 0.3) is 11.4 Å². The fourth-order valence-corrected chi connectivity index (χ4v) is 4.65. The van der Waals surface area contributed by atoms with Crippen LogP contribution in [-0.2, 0) is 9.59 Å². The zero-order valence-electron chi connectivity index (χ0n) is 22.8. The van der Waals surface area contributed by atoms with Crippen LogP contribution in [0.1, 0.15) is 53.2 Å². The van der Waals surface area contributed by atoms with Crippen LogP contribution < -0.4 is 10.9 Å². The standard InChI is InChI=1S/C31H34N6O2/c1-22-18-26(24(3)36(22)28-12-7-5-8-13-28)20-32-34-30(38)16-11-17-31(39)35-33-21-27-19-23(2)37(25(27)4)29-14-9-6-10-15-29/h5-10,12-15,18-21H,11,16-17H2,1-4H3,(H,34,38)(H,35,39). The van der Waals surface area contributed by atoms with Gasteiger partial charge in [-0.3, -0.25) is 9.59 Å². The largest absolute Gasteiger partial charge is 0.318 e. The van der Waals surface area contributed by atoms with Crippen LogP contribution in [0.5, 0.6) is 0 Å². The molecule has 0 aliphatic rings. The van der Waals surface area contributed by atoms with E-state index in [1.165, 1.54) is 0 Å². The van der Waals surface area contributed by atoms with Gasteiger partial charge in [-0.15, -0.1) is 0 Å². The second-order valence-corrected chi connectivity index (χ2v) is 9.43. The number of hydrazone groups is 2. The first-order chi connectivity index (χ1) is 18.8. The molecule has 8 nitrogen and oxygen atoms in total. The molecule has 0 aliphatic carbocycles. The van der Waals surface area contributed by atoms with Crippen LogP contribution in [0.2, 0.25) is 0 Å². The van der Waals surface area contributed by atoms with Gasteiger partial charge in [-0.25, -0.2) is 10.9 Å². The van der Waals surface area contributed by atoms with Gasteiger partial charge in [-0.2, -0.15) is 10.2 Å². The highest BCUT2D eigenvalue weighted by Gasteiger charge is 2.11. The predicted molar refractivity (Wildman–Crippen MR) is 156 cm³/mol. The van der Waals surface area contributed by atoms with Gasteiger partial charge in [0.05, 0.1) is 12.4 Å². The quantitative estimate of drug-likeness (QED) is 0.219. The van der Waals surface area contributed by atoms with Gasteiger partial charge >= 0.3 is 0 Å². The summed E-state index contributed by atoms with van der Waals surface area (Å²) in [5.41, 5.74) is 13.4. The molecule has 0 unspecified atom stereocenters. The Morgan fingerprint density at radius 2 is 1.05 bits per heavy atom. The Labute approximate surface area is 229 Å². The molecule has 4 rings (SSSR count). The normalized spacial score (nSPS) is 11.4. The van der Waals surface area contributed by atoms with Crippen molar-refractivity contribution >= 4 is 24.2 Å². The maximum atomic E-state index is 12.2. The van der Waals surface area contributed by atoms with Crippen LogP contribution >= 0.6 is 0 Å². The van der Waals surface area contributed by atoms with Crippen LogP contribution in [0.15, 0.2) is 83.0 Å². The zero-order valence-corrected chi connectivity index (χ0v) is 22.8. The molecule has 0 radical (unpaired) electrons. The molecule has 0 saturated carbocycles. The SMILES string of the molecule is Cc1cc(C=NNC(=O)CCCC(=O)NN=Cc2cc(C)n(-c3ccccc3)c2C)c(C)n1-c1ccccc1. The van der Waals surface area contributed by atoms with Crippen molar-refractivity contribution in [1.29, 1.82) is 0 Å². The second kappa shape index (κ2) is 12.7. The van der Waals surface area contributed by atoms with Crippen LogP contribution in [0.3, 0.4) is 0 Å². The number of hydrogen-bond acceptors (Lipinski definition) is 4. The number of nitrogens with zero attached hydrogens (tertiary/aromatic N) is 4. The number of amides is 2.